The summed E-state index contributed by atoms with van der Waals surface area (Å²) in [4.78, 5) is 20.6. The van der Waals surface area contributed by atoms with Crippen molar-refractivity contribution in [2.45, 2.75) is 24.9 Å². The molecular weight excluding hydrogens is 238 g/mol. The molecule has 0 aliphatic carbocycles. The molecule has 1 amide bonds. The maximum atomic E-state index is 12.1. The van der Waals surface area contributed by atoms with E-state index in [0.717, 1.165) is 32.5 Å². The van der Waals surface area contributed by atoms with Crippen LogP contribution in [0.15, 0.2) is 35.3 Å². The molecule has 1 spiro atoms. The molecule has 0 aromatic heterocycles. The number of hydrogen-bond acceptors (Lipinski definition) is 3. The summed E-state index contributed by atoms with van der Waals surface area (Å²) in [5.41, 5.74) is 0.874. The molecule has 0 atom stereocenters. The maximum absolute atomic E-state index is 12.1. The number of piperidine rings is 1. The van der Waals surface area contributed by atoms with Crippen LogP contribution in [-0.4, -0.2) is 47.7 Å². The molecular formula is C15H19N3O. The van der Waals surface area contributed by atoms with E-state index in [9.17, 15) is 4.79 Å². The van der Waals surface area contributed by atoms with Gasteiger partial charge in [0.05, 0.1) is 6.34 Å². The van der Waals surface area contributed by atoms with Crippen molar-refractivity contribution in [3.05, 3.63) is 35.9 Å². The highest BCUT2D eigenvalue weighted by atomic mass is 16.2. The molecule has 1 fully saturated rings. The molecule has 2 aliphatic heterocycles. The minimum absolute atomic E-state index is 0.159. The van der Waals surface area contributed by atoms with Gasteiger partial charge in [0, 0.05) is 26.7 Å². The van der Waals surface area contributed by atoms with Crippen molar-refractivity contribution in [3.8, 4) is 0 Å². The number of carbonyl (C=O) groups is 1. The van der Waals surface area contributed by atoms with Gasteiger partial charge in [-0.25, -0.2) is 0 Å². The van der Waals surface area contributed by atoms with E-state index >= 15 is 0 Å². The van der Waals surface area contributed by atoms with E-state index in [-0.39, 0.29) is 5.91 Å². The van der Waals surface area contributed by atoms with E-state index in [1.54, 1.807) is 18.3 Å². The molecule has 4 heteroatoms. The number of amides is 1. The number of carbonyl (C=O) groups excluding carboxylic acids is 1. The predicted molar refractivity (Wildman–Crippen MR) is 74.9 cm³/mol. The Hall–Kier alpha value is -1.68. The molecule has 0 unspecified atom stereocenters. The molecule has 4 nitrogen and oxygen atoms in total. The van der Waals surface area contributed by atoms with Gasteiger partial charge in [0.25, 0.3) is 5.91 Å². The smallest absolute Gasteiger partial charge is 0.255 e. The van der Waals surface area contributed by atoms with Crippen LogP contribution in [0.1, 0.15) is 18.4 Å². The molecule has 1 aromatic rings. The number of aliphatic imine (C=N–C) groups is 1. The van der Waals surface area contributed by atoms with Gasteiger partial charge in [0.1, 0.15) is 5.54 Å². The SMILES string of the molecule is CN1C=NC2(CCN(Cc3ccccc3)CC2)C1=O. The average Bonchev–Trinajstić information content (AvgIpc) is 2.72. The van der Waals surface area contributed by atoms with Gasteiger partial charge in [-0.3, -0.25) is 14.7 Å². The van der Waals surface area contributed by atoms with Crippen molar-refractivity contribution in [2.75, 3.05) is 20.1 Å². The first kappa shape index (κ1) is 12.4. The summed E-state index contributed by atoms with van der Waals surface area (Å²) >= 11 is 0. The van der Waals surface area contributed by atoms with Gasteiger partial charge in [-0.05, 0) is 18.4 Å². The van der Waals surface area contributed by atoms with Gasteiger partial charge in [-0.1, -0.05) is 30.3 Å². The summed E-state index contributed by atoms with van der Waals surface area (Å²) in [6.07, 6.45) is 3.34. The zero-order valence-electron chi connectivity index (χ0n) is 11.2. The molecule has 1 aromatic carbocycles. The average molecular weight is 257 g/mol. The summed E-state index contributed by atoms with van der Waals surface area (Å²) < 4.78 is 0. The van der Waals surface area contributed by atoms with Crippen molar-refractivity contribution >= 4 is 12.2 Å². The summed E-state index contributed by atoms with van der Waals surface area (Å²) in [6.45, 7) is 2.84. The third kappa shape index (κ3) is 2.28. The number of nitrogens with zero attached hydrogens (tertiary/aromatic N) is 3. The van der Waals surface area contributed by atoms with E-state index < -0.39 is 5.54 Å². The van der Waals surface area contributed by atoms with Crippen molar-refractivity contribution in [1.82, 2.24) is 9.80 Å². The zero-order chi connectivity index (χ0) is 13.3. The van der Waals surface area contributed by atoms with Crippen LogP contribution in [0.5, 0.6) is 0 Å². The van der Waals surface area contributed by atoms with Gasteiger partial charge in [-0.15, -0.1) is 0 Å². The maximum Gasteiger partial charge on any atom is 0.255 e. The molecule has 0 saturated carbocycles. The summed E-state index contributed by atoms with van der Waals surface area (Å²) in [5.74, 6) is 0.159. The van der Waals surface area contributed by atoms with E-state index in [2.05, 4.69) is 34.2 Å². The second-order valence-electron chi connectivity index (χ2n) is 5.45. The molecule has 3 rings (SSSR count). The fourth-order valence-electron chi connectivity index (χ4n) is 2.90. The standard InChI is InChI=1S/C15H19N3O/c1-17-12-16-15(14(17)19)7-9-18(10-8-15)11-13-5-3-2-4-6-13/h2-6,12H,7-11H2,1H3. The lowest BCUT2D eigenvalue weighted by atomic mass is 9.87. The molecule has 2 heterocycles. The molecule has 0 N–H and O–H groups in total. The summed E-state index contributed by atoms with van der Waals surface area (Å²) in [6, 6.07) is 10.5. The van der Waals surface area contributed by atoms with E-state index in [1.165, 1.54) is 5.56 Å². The van der Waals surface area contributed by atoms with Crippen LogP contribution < -0.4 is 0 Å². The Morgan fingerprint density at radius 1 is 1.21 bits per heavy atom. The van der Waals surface area contributed by atoms with Crippen molar-refractivity contribution < 1.29 is 4.79 Å². The van der Waals surface area contributed by atoms with Crippen molar-refractivity contribution in [3.63, 3.8) is 0 Å². The van der Waals surface area contributed by atoms with Crippen LogP contribution in [0.25, 0.3) is 0 Å². The topological polar surface area (TPSA) is 35.9 Å². The first-order valence-electron chi connectivity index (χ1n) is 6.78. The monoisotopic (exact) mass is 257 g/mol. The first-order chi connectivity index (χ1) is 9.20. The molecule has 1 saturated heterocycles. The quantitative estimate of drug-likeness (QED) is 0.805. The second-order valence-corrected chi connectivity index (χ2v) is 5.45. The Labute approximate surface area is 113 Å². The highest BCUT2D eigenvalue weighted by Crippen LogP contribution is 2.31. The number of likely N-dealkylation sites (tertiary alicyclic amines) is 1. The Morgan fingerprint density at radius 3 is 2.47 bits per heavy atom. The minimum Gasteiger partial charge on any atom is -0.304 e. The van der Waals surface area contributed by atoms with Gasteiger partial charge in [-0.2, -0.15) is 0 Å². The summed E-state index contributed by atoms with van der Waals surface area (Å²) in [5, 5.41) is 0. The molecule has 100 valence electrons. The van der Waals surface area contributed by atoms with Crippen LogP contribution >= 0.6 is 0 Å². The van der Waals surface area contributed by atoms with E-state index in [4.69, 9.17) is 0 Å². The van der Waals surface area contributed by atoms with Crippen LogP contribution in [0.4, 0.5) is 0 Å². The summed E-state index contributed by atoms with van der Waals surface area (Å²) in [7, 11) is 1.79. The van der Waals surface area contributed by atoms with Crippen LogP contribution in [0, 0.1) is 0 Å². The van der Waals surface area contributed by atoms with Gasteiger partial charge in [0.2, 0.25) is 0 Å². The van der Waals surface area contributed by atoms with E-state index in [0.29, 0.717) is 0 Å². The Balaban J connectivity index is 1.61. The molecule has 2 aliphatic rings. The third-order valence-electron chi connectivity index (χ3n) is 4.13. The van der Waals surface area contributed by atoms with Gasteiger partial charge < -0.3 is 4.90 Å². The third-order valence-corrected chi connectivity index (χ3v) is 4.13. The van der Waals surface area contributed by atoms with Crippen LogP contribution in [-0.2, 0) is 11.3 Å². The van der Waals surface area contributed by atoms with Crippen molar-refractivity contribution in [2.24, 2.45) is 4.99 Å². The fraction of sp³-hybridized carbons (Fsp3) is 0.467. The lowest BCUT2D eigenvalue weighted by molar-refractivity contribution is -0.131. The predicted octanol–water partition coefficient (Wildman–Crippen LogP) is 1.52. The normalized spacial score (nSPS) is 22.4. The Morgan fingerprint density at radius 2 is 1.89 bits per heavy atom. The molecule has 0 bridgehead atoms. The Bertz CT molecular complexity index is 489. The number of rotatable bonds is 2. The highest BCUT2D eigenvalue weighted by Gasteiger charge is 2.45. The molecule has 19 heavy (non-hydrogen) atoms. The first-order valence-corrected chi connectivity index (χ1v) is 6.78. The number of hydrogen-bond donors (Lipinski definition) is 0. The number of likely N-dealkylation sites (N-methyl/N-ethyl adjacent to an activating group) is 1. The Kier molecular flexibility index (Phi) is 3.11. The lowest BCUT2D eigenvalue weighted by Gasteiger charge is -2.36. The van der Waals surface area contributed by atoms with Crippen LogP contribution in [0.3, 0.4) is 0 Å². The van der Waals surface area contributed by atoms with Crippen molar-refractivity contribution in [1.29, 1.82) is 0 Å². The van der Waals surface area contributed by atoms with Gasteiger partial charge >= 0.3 is 0 Å². The van der Waals surface area contributed by atoms with Gasteiger partial charge in [0.15, 0.2) is 0 Å². The molecule has 0 radical (unpaired) electrons. The minimum atomic E-state index is -0.456. The van der Waals surface area contributed by atoms with E-state index in [1.807, 2.05) is 6.07 Å². The highest BCUT2D eigenvalue weighted by molar-refractivity contribution is 5.99. The largest absolute Gasteiger partial charge is 0.304 e. The fourth-order valence-corrected chi connectivity index (χ4v) is 2.90. The van der Waals surface area contributed by atoms with Crippen LogP contribution in [0.2, 0.25) is 0 Å². The lowest BCUT2D eigenvalue weighted by Crippen LogP contribution is -2.48. The zero-order valence-corrected chi connectivity index (χ0v) is 11.2. The number of benzene rings is 1. The second kappa shape index (κ2) is 4.78.